The van der Waals surface area contributed by atoms with Crippen LogP contribution >= 0.6 is 0 Å². The van der Waals surface area contributed by atoms with Crippen LogP contribution in [-0.2, 0) is 17.1 Å². The minimum Gasteiger partial charge on any atom is -0.471 e. The molecule has 7 heteroatoms. The van der Waals surface area contributed by atoms with Crippen molar-refractivity contribution < 1.29 is 17.1 Å². The number of hydrogen-bond donors (Lipinski definition) is 0. The molecule has 1 aliphatic rings. The SMILES string of the molecule is CC(C)c1cccc(C(C)C)c1N1[CH-]N(c2c(C(C)C)cccc2C(C)C)c2ncccc21.[Cu+2].c1ccc2c(-c3nc4c(ccc5ccccc54)[n-]3)nccc2c1. The van der Waals surface area contributed by atoms with E-state index in [0.29, 0.717) is 29.5 Å². The van der Waals surface area contributed by atoms with E-state index in [-0.39, 0.29) is 17.1 Å². The largest absolute Gasteiger partial charge is 2.00 e. The van der Waals surface area contributed by atoms with Crippen molar-refractivity contribution in [2.24, 2.45) is 0 Å². The molecule has 0 amide bonds. The Kier molecular flexibility index (Phi) is 11.5. The number of benzene rings is 5. The van der Waals surface area contributed by atoms with Crippen LogP contribution in [0.3, 0.4) is 0 Å². The number of nitrogens with zero attached hydrogens (tertiary/aromatic N) is 6. The smallest absolute Gasteiger partial charge is 0.471 e. The number of hydrogen-bond acceptors (Lipinski definition) is 5. The Morgan fingerprint density at radius 3 is 1.65 bits per heavy atom. The molecule has 0 fully saturated rings. The zero-order valence-electron chi connectivity index (χ0n) is 34.0. The molecule has 8 aromatic rings. The van der Waals surface area contributed by atoms with Gasteiger partial charge in [0.2, 0.25) is 0 Å². The van der Waals surface area contributed by atoms with E-state index in [9.17, 15) is 0 Å². The molecule has 3 aromatic heterocycles. The molecule has 0 atom stereocenters. The topological polar surface area (TPSA) is 59.3 Å². The van der Waals surface area contributed by atoms with Gasteiger partial charge in [-0.2, -0.15) is 0 Å². The molecule has 0 unspecified atom stereocenters. The molecule has 6 nitrogen and oxygen atoms in total. The van der Waals surface area contributed by atoms with Gasteiger partial charge >= 0.3 is 17.1 Å². The molecule has 5 aromatic carbocycles. The number of rotatable bonds is 7. The molecule has 0 aliphatic carbocycles. The summed E-state index contributed by atoms with van der Waals surface area (Å²) in [5.41, 5.74) is 11.9. The summed E-state index contributed by atoms with van der Waals surface area (Å²) >= 11 is 0. The quantitative estimate of drug-likeness (QED) is 0.118. The van der Waals surface area contributed by atoms with Crippen molar-refractivity contribution >= 4 is 55.5 Å². The molecular weight excluding hydrogens is 748 g/mol. The van der Waals surface area contributed by atoms with Crippen molar-refractivity contribution in [1.82, 2.24) is 19.9 Å². The molecule has 291 valence electrons. The van der Waals surface area contributed by atoms with Gasteiger partial charge in [0.15, 0.2) is 0 Å². The summed E-state index contributed by atoms with van der Waals surface area (Å²) in [6.07, 6.45) is 3.73. The van der Waals surface area contributed by atoms with Crippen molar-refractivity contribution in [3.63, 3.8) is 0 Å². The van der Waals surface area contributed by atoms with Gasteiger partial charge in [-0.1, -0.05) is 152 Å². The van der Waals surface area contributed by atoms with Crippen LogP contribution in [0.1, 0.15) is 101 Å². The van der Waals surface area contributed by atoms with Gasteiger partial charge in [0.1, 0.15) is 5.82 Å². The standard InChI is InChI=1S/C30H38N3.C20H12N3.Cu/c1-19(2)23-12-9-13-24(20(3)4)28(23)32-18-33(30-27(32)16-11-17-31-30)29-25(21(5)6)14-10-15-26(29)22(7)8;1-3-7-15-13(5-1)9-10-17-18(15)23-20(22-17)19-16-8-4-2-6-14(16)11-12-21-19;/h9-22H,1-8H3;1-12H;/q2*-1;+2. The first-order chi connectivity index (χ1) is 27.1. The maximum Gasteiger partial charge on any atom is 2.00 e. The first kappa shape index (κ1) is 39.7. The Morgan fingerprint density at radius 2 is 1.05 bits per heavy atom. The Labute approximate surface area is 347 Å². The van der Waals surface area contributed by atoms with E-state index in [0.717, 1.165) is 44.4 Å². The van der Waals surface area contributed by atoms with Crippen LogP contribution in [0.25, 0.3) is 44.1 Å². The van der Waals surface area contributed by atoms with Gasteiger partial charge in [-0.3, -0.25) is 4.98 Å². The molecule has 0 N–H and O–H groups in total. The minimum absolute atomic E-state index is 0. The first-order valence-electron chi connectivity index (χ1n) is 19.9. The number of imidazole rings is 1. The van der Waals surface area contributed by atoms with Crippen LogP contribution in [0.5, 0.6) is 0 Å². The third-order valence-electron chi connectivity index (χ3n) is 10.9. The van der Waals surface area contributed by atoms with Crippen molar-refractivity contribution in [3.8, 4) is 11.5 Å². The fourth-order valence-corrected chi connectivity index (χ4v) is 8.02. The van der Waals surface area contributed by atoms with E-state index in [1.54, 1.807) is 0 Å². The summed E-state index contributed by atoms with van der Waals surface area (Å²) in [5.74, 6) is 3.38. The van der Waals surface area contributed by atoms with Gasteiger partial charge in [-0.15, -0.1) is 6.67 Å². The average molecular weight is 799 g/mol. The van der Waals surface area contributed by atoms with Crippen LogP contribution in [0.4, 0.5) is 22.9 Å². The molecule has 0 saturated heterocycles. The molecule has 1 aliphatic heterocycles. The Morgan fingerprint density at radius 1 is 0.509 bits per heavy atom. The van der Waals surface area contributed by atoms with Gasteiger partial charge in [0.25, 0.3) is 0 Å². The van der Waals surface area contributed by atoms with Crippen molar-refractivity contribution in [1.29, 1.82) is 0 Å². The van der Waals surface area contributed by atoms with Crippen LogP contribution in [-0.4, -0.2) is 15.0 Å². The van der Waals surface area contributed by atoms with Gasteiger partial charge < -0.3 is 19.8 Å². The Hall–Kier alpha value is -5.49. The van der Waals surface area contributed by atoms with E-state index in [2.05, 4.69) is 150 Å². The number of anilines is 4. The summed E-state index contributed by atoms with van der Waals surface area (Å²) in [4.78, 5) is 23.6. The molecule has 4 heterocycles. The molecule has 9 rings (SSSR count). The zero-order valence-corrected chi connectivity index (χ0v) is 34.9. The minimum atomic E-state index is 0. The second-order valence-electron chi connectivity index (χ2n) is 16.0. The van der Waals surface area contributed by atoms with Gasteiger partial charge in [-0.25, -0.2) is 4.98 Å². The molecule has 1 radical (unpaired) electrons. The molecule has 57 heavy (non-hydrogen) atoms. The van der Waals surface area contributed by atoms with Crippen LogP contribution in [0.15, 0.2) is 128 Å². The predicted octanol–water partition coefficient (Wildman–Crippen LogP) is 13.5. The zero-order chi connectivity index (χ0) is 39.1. The number of para-hydroxylation sites is 2. The van der Waals surface area contributed by atoms with Gasteiger partial charge in [0, 0.05) is 29.2 Å². The van der Waals surface area contributed by atoms with Crippen molar-refractivity contribution in [2.75, 3.05) is 9.80 Å². The Balaban J connectivity index is 0.000000181. The summed E-state index contributed by atoms with van der Waals surface area (Å²) in [7, 11) is 0. The summed E-state index contributed by atoms with van der Waals surface area (Å²) in [6, 6.07) is 40.3. The molecule has 0 bridgehead atoms. The van der Waals surface area contributed by atoms with Crippen molar-refractivity contribution in [2.45, 2.75) is 79.1 Å². The van der Waals surface area contributed by atoms with E-state index < -0.39 is 0 Å². The summed E-state index contributed by atoms with van der Waals surface area (Å²) < 4.78 is 0. The normalized spacial score (nSPS) is 12.6. The number of pyridine rings is 2. The predicted molar refractivity (Wildman–Crippen MR) is 235 cm³/mol. The third-order valence-corrected chi connectivity index (χ3v) is 10.9. The molecule has 0 saturated carbocycles. The van der Waals surface area contributed by atoms with E-state index in [4.69, 9.17) is 15.0 Å². The first-order valence-corrected chi connectivity index (χ1v) is 19.9. The van der Waals surface area contributed by atoms with E-state index >= 15 is 0 Å². The van der Waals surface area contributed by atoms with Gasteiger partial charge in [-0.05, 0) is 97.1 Å². The Bertz CT molecular complexity index is 2530. The van der Waals surface area contributed by atoms with Crippen LogP contribution < -0.4 is 14.8 Å². The number of fused-ring (bicyclic) bond motifs is 5. The monoisotopic (exact) mass is 797 g/mol. The second-order valence-corrected chi connectivity index (χ2v) is 16.0. The van der Waals surface area contributed by atoms with Crippen LogP contribution in [0.2, 0.25) is 0 Å². The van der Waals surface area contributed by atoms with Crippen LogP contribution in [0, 0.1) is 6.67 Å². The third kappa shape index (κ3) is 7.43. The summed E-state index contributed by atoms with van der Waals surface area (Å²) in [6.45, 7) is 20.5. The van der Waals surface area contributed by atoms with E-state index in [1.165, 1.54) is 39.0 Å². The maximum absolute atomic E-state index is 4.90. The summed E-state index contributed by atoms with van der Waals surface area (Å²) in [5, 5.41) is 4.53. The second kappa shape index (κ2) is 16.5. The van der Waals surface area contributed by atoms with E-state index in [1.807, 2.05) is 54.9 Å². The maximum atomic E-state index is 4.90. The average Bonchev–Trinajstić information content (AvgIpc) is 3.83. The fraction of sp³-hybridized carbons (Fsp3) is 0.240. The number of aromatic nitrogens is 4. The fourth-order valence-electron chi connectivity index (χ4n) is 8.02. The van der Waals surface area contributed by atoms with Gasteiger partial charge in [0.05, 0.1) is 11.4 Å². The van der Waals surface area contributed by atoms with Crippen molar-refractivity contribution in [3.05, 3.63) is 157 Å². The molecular formula is C50H50CuN6. The molecule has 0 spiro atoms.